The van der Waals surface area contributed by atoms with Crippen LogP contribution in [0.4, 0.5) is 19.0 Å². The summed E-state index contributed by atoms with van der Waals surface area (Å²) in [4.78, 5) is 32.8. The number of benzene rings is 1. The van der Waals surface area contributed by atoms with E-state index in [0.717, 1.165) is 11.8 Å². The number of carbonyl (C=O) groups is 2. The first-order chi connectivity index (χ1) is 15.6. The second-order valence-electron chi connectivity index (χ2n) is 8.09. The molecule has 1 aromatic carbocycles. The van der Waals surface area contributed by atoms with Crippen LogP contribution in [-0.2, 0) is 26.8 Å². The quantitative estimate of drug-likeness (QED) is 0.671. The average Bonchev–Trinajstić information content (AvgIpc) is 2.73. The van der Waals surface area contributed by atoms with Crippen molar-refractivity contribution in [1.29, 1.82) is 0 Å². The van der Waals surface area contributed by atoms with E-state index in [1.54, 1.807) is 6.92 Å². The van der Waals surface area contributed by atoms with Crippen molar-refractivity contribution >= 4 is 17.6 Å². The van der Waals surface area contributed by atoms with E-state index in [0.29, 0.717) is 24.3 Å². The predicted octanol–water partition coefficient (Wildman–Crippen LogP) is 4.06. The lowest BCUT2D eigenvalue weighted by Gasteiger charge is -2.45. The molecule has 1 aromatic heterocycles. The van der Waals surface area contributed by atoms with E-state index in [9.17, 15) is 22.8 Å². The van der Waals surface area contributed by atoms with Crippen molar-refractivity contribution in [2.24, 2.45) is 5.92 Å². The largest absolute Gasteiger partial charge is 0.380 e. The van der Waals surface area contributed by atoms with Crippen molar-refractivity contribution in [3.8, 4) is 0 Å². The number of hydrogen-bond acceptors (Lipinski definition) is 4. The molecule has 2 aliphatic heterocycles. The molecule has 9 heteroatoms. The third-order valence-corrected chi connectivity index (χ3v) is 5.61. The van der Waals surface area contributed by atoms with Gasteiger partial charge in [0.05, 0.1) is 13.2 Å². The number of halogens is 3. The number of rotatable bonds is 5. The Hall–Kier alpha value is -2.94. The Kier molecular flexibility index (Phi) is 7.41. The molecule has 0 N–H and O–H groups in total. The zero-order valence-corrected chi connectivity index (χ0v) is 19.1. The molecular formula is C24H28F3N3O3. The van der Waals surface area contributed by atoms with Gasteiger partial charge in [-0.2, -0.15) is 0 Å². The van der Waals surface area contributed by atoms with Crippen LogP contribution in [0.15, 0.2) is 36.5 Å². The zero-order chi connectivity index (χ0) is 24.3. The van der Waals surface area contributed by atoms with Gasteiger partial charge in [0.2, 0.25) is 5.91 Å². The molecule has 0 bridgehead atoms. The van der Waals surface area contributed by atoms with Gasteiger partial charge < -0.3 is 9.64 Å². The smallest absolute Gasteiger partial charge is 0.270 e. The monoisotopic (exact) mass is 463 g/mol. The molecule has 1 atom stereocenters. The number of aromatic nitrogens is 1. The summed E-state index contributed by atoms with van der Waals surface area (Å²) in [6.07, 6.45) is 1.44. The SMILES string of the molecule is CC.Cc1cnc(N2CC(=O)N(Cc3ccc(C(C)(F)F)cc3)[C@H](C3COC3)C2=O)c(F)c1. The fourth-order valence-electron chi connectivity index (χ4n) is 3.83. The van der Waals surface area contributed by atoms with E-state index >= 15 is 0 Å². The van der Waals surface area contributed by atoms with Gasteiger partial charge in [-0.1, -0.05) is 38.1 Å². The Bertz CT molecular complexity index is 1000. The van der Waals surface area contributed by atoms with Crippen molar-refractivity contribution in [1.82, 2.24) is 9.88 Å². The minimum absolute atomic E-state index is 0.0823. The van der Waals surface area contributed by atoms with E-state index in [-0.39, 0.29) is 36.3 Å². The van der Waals surface area contributed by atoms with Crippen molar-refractivity contribution in [3.05, 3.63) is 59.0 Å². The maximum atomic E-state index is 14.5. The first-order valence-corrected chi connectivity index (χ1v) is 10.9. The molecule has 2 fully saturated rings. The number of hydrogen-bond donors (Lipinski definition) is 0. The van der Waals surface area contributed by atoms with Gasteiger partial charge in [0.1, 0.15) is 12.6 Å². The molecule has 2 amide bonds. The minimum atomic E-state index is -2.97. The van der Waals surface area contributed by atoms with Gasteiger partial charge in [0.15, 0.2) is 11.6 Å². The molecule has 33 heavy (non-hydrogen) atoms. The summed E-state index contributed by atoms with van der Waals surface area (Å²) < 4.78 is 46.6. The van der Waals surface area contributed by atoms with Crippen LogP contribution in [-0.4, -0.2) is 47.5 Å². The van der Waals surface area contributed by atoms with E-state index in [4.69, 9.17) is 4.74 Å². The Balaban J connectivity index is 0.00000149. The Morgan fingerprint density at radius 2 is 1.79 bits per heavy atom. The fourth-order valence-corrected chi connectivity index (χ4v) is 3.83. The molecule has 178 valence electrons. The van der Waals surface area contributed by atoms with Gasteiger partial charge in [-0.05, 0) is 24.1 Å². The first kappa shape index (κ1) is 24.7. The van der Waals surface area contributed by atoms with Crippen LogP contribution < -0.4 is 4.90 Å². The molecule has 0 spiro atoms. The highest BCUT2D eigenvalue weighted by Gasteiger charge is 2.47. The van der Waals surface area contributed by atoms with E-state index in [1.807, 2.05) is 13.8 Å². The average molecular weight is 464 g/mol. The lowest BCUT2D eigenvalue weighted by atomic mass is 9.92. The first-order valence-electron chi connectivity index (χ1n) is 10.9. The number of aryl methyl sites for hydroxylation is 1. The van der Waals surface area contributed by atoms with Gasteiger partial charge in [0, 0.05) is 31.1 Å². The molecule has 6 nitrogen and oxygen atoms in total. The Morgan fingerprint density at radius 1 is 1.15 bits per heavy atom. The zero-order valence-electron chi connectivity index (χ0n) is 19.1. The number of amides is 2. The van der Waals surface area contributed by atoms with Crippen LogP contribution >= 0.6 is 0 Å². The molecule has 0 radical (unpaired) electrons. The number of piperazine rings is 1. The van der Waals surface area contributed by atoms with Crippen molar-refractivity contribution in [3.63, 3.8) is 0 Å². The summed E-state index contributed by atoms with van der Waals surface area (Å²) >= 11 is 0. The number of ether oxygens (including phenoxy) is 1. The summed E-state index contributed by atoms with van der Waals surface area (Å²) in [6.45, 7) is 6.84. The van der Waals surface area contributed by atoms with Crippen LogP contribution in [0.5, 0.6) is 0 Å². The lowest BCUT2D eigenvalue weighted by Crippen LogP contribution is -2.65. The van der Waals surface area contributed by atoms with Crippen LogP contribution in [0.25, 0.3) is 0 Å². The summed E-state index contributed by atoms with van der Waals surface area (Å²) in [7, 11) is 0. The van der Waals surface area contributed by atoms with Gasteiger partial charge in [0.25, 0.3) is 11.8 Å². The van der Waals surface area contributed by atoms with Crippen LogP contribution in [0.3, 0.4) is 0 Å². The lowest BCUT2D eigenvalue weighted by molar-refractivity contribution is -0.155. The number of carbonyl (C=O) groups excluding carboxylic acids is 2. The Morgan fingerprint density at radius 3 is 2.30 bits per heavy atom. The fraction of sp³-hybridized carbons (Fsp3) is 0.458. The third-order valence-electron chi connectivity index (χ3n) is 5.61. The van der Waals surface area contributed by atoms with E-state index < -0.39 is 23.7 Å². The molecule has 2 aromatic rings. The van der Waals surface area contributed by atoms with Gasteiger partial charge >= 0.3 is 0 Å². The van der Waals surface area contributed by atoms with Gasteiger partial charge in [-0.15, -0.1) is 0 Å². The summed E-state index contributed by atoms with van der Waals surface area (Å²) in [5.41, 5.74) is 1.09. The van der Waals surface area contributed by atoms with Gasteiger partial charge in [-0.25, -0.2) is 18.2 Å². The van der Waals surface area contributed by atoms with Crippen LogP contribution in [0.2, 0.25) is 0 Å². The second-order valence-corrected chi connectivity index (χ2v) is 8.09. The second kappa shape index (κ2) is 9.91. The standard InChI is InChI=1S/C22H22F3N3O3.C2H6/c1-13-7-17(23)20(26-8-13)28-10-18(29)27(19(21(28)30)15-11-31-12-15)9-14-3-5-16(6-4-14)22(2,24)25;1-2/h3-8,15,19H,9-12H2,1-2H3;1-2H3/t19-;/m1./s1. The molecule has 0 aliphatic carbocycles. The number of anilines is 1. The molecular weight excluding hydrogens is 435 g/mol. The topological polar surface area (TPSA) is 62.7 Å². The van der Waals surface area contributed by atoms with Crippen LogP contribution in [0, 0.1) is 18.7 Å². The molecule has 2 saturated heterocycles. The van der Waals surface area contributed by atoms with Crippen molar-refractivity contribution in [2.75, 3.05) is 24.7 Å². The summed E-state index contributed by atoms with van der Waals surface area (Å²) in [5, 5.41) is 0. The van der Waals surface area contributed by atoms with Crippen LogP contribution in [0.1, 0.15) is 37.5 Å². The molecule has 4 rings (SSSR count). The summed E-state index contributed by atoms with van der Waals surface area (Å²) in [5.74, 6) is -4.85. The van der Waals surface area contributed by atoms with Crippen molar-refractivity contribution < 1.29 is 27.5 Å². The highest BCUT2D eigenvalue weighted by molar-refractivity contribution is 6.06. The Labute approximate surface area is 191 Å². The molecule has 2 aliphatic rings. The summed E-state index contributed by atoms with van der Waals surface area (Å²) in [6, 6.07) is 6.08. The minimum Gasteiger partial charge on any atom is -0.380 e. The highest BCUT2D eigenvalue weighted by Crippen LogP contribution is 2.31. The highest BCUT2D eigenvalue weighted by atomic mass is 19.3. The molecule has 3 heterocycles. The van der Waals surface area contributed by atoms with Crippen molar-refractivity contribution in [2.45, 2.75) is 46.2 Å². The number of pyridine rings is 1. The third kappa shape index (κ3) is 5.19. The molecule has 0 saturated carbocycles. The maximum absolute atomic E-state index is 14.5. The number of nitrogens with zero attached hydrogens (tertiary/aromatic N) is 3. The van der Waals surface area contributed by atoms with Gasteiger partial charge in [-0.3, -0.25) is 14.5 Å². The van der Waals surface area contributed by atoms with E-state index in [2.05, 4.69) is 4.98 Å². The molecule has 0 unspecified atom stereocenters. The number of alkyl halides is 2. The predicted molar refractivity (Wildman–Crippen MR) is 117 cm³/mol. The normalized spacial score (nSPS) is 19.2. The van der Waals surface area contributed by atoms with E-state index in [1.165, 1.54) is 41.4 Å². The maximum Gasteiger partial charge on any atom is 0.270 e.